The fraction of sp³-hybridized carbons (Fsp3) is 0.182. The molecule has 1 saturated heterocycles. The van der Waals surface area contributed by atoms with Crippen molar-refractivity contribution >= 4 is 105 Å². The molecule has 1 fully saturated rings. The monoisotopic (exact) mass is 834 g/mol. The Bertz CT molecular complexity index is 1720. The zero-order chi connectivity index (χ0) is 28.0. The number of nitrogens with zero attached hydrogens (tertiary/aromatic N) is 1. The lowest BCUT2D eigenvalue weighted by Crippen LogP contribution is -2.47. The Labute approximate surface area is 254 Å². The first-order chi connectivity index (χ1) is 17.6. The zero-order valence-corrected chi connectivity index (χ0v) is 27.7. The topological polar surface area (TPSA) is 138 Å². The summed E-state index contributed by atoms with van der Waals surface area (Å²) in [6, 6.07) is 13.3. The number of sulfone groups is 1. The summed E-state index contributed by atoms with van der Waals surface area (Å²) in [5.74, 6) is -1.16. The first kappa shape index (κ1) is 30.0. The lowest BCUT2D eigenvalue weighted by Gasteiger charge is -2.32. The highest BCUT2D eigenvalue weighted by Gasteiger charge is 2.45. The molecule has 2 atom stereocenters. The summed E-state index contributed by atoms with van der Waals surface area (Å²) < 4.78 is 83.1. The third-order valence-electron chi connectivity index (χ3n) is 5.58. The second-order valence-corrected chi connectivity index (χ2v) is 17.4. The van der Waals surface area contributed by atoms with Crippen LogP contribution in [0.4, 0.5) is 11.4 Å². The van der Waals surface area contributed by atoms with E-state index in [-0.39, 0.29) is 25.6 Å². The van der Waals surface area contributed by atoms with Crippen LogP contribution in [0.1, 0.15) is 0 Å². The molecular formula is C22H18Br4N2O7S3. The second kappa shape index (κ2) is 11.1. The normalized spacial score (nSPS) is 19.3. The molecule has 4 rings (SSSR count). The van der Waals surface area contributed by atoms with Crippen LogP contribution in [0.15, 0.2) is 88.3 Å². The Balaban J connectivity index is 1.76. The van der Waals surface area contributed by atoms with Crippen LogP contribution >= 0.6 is 63.7 Å². The van der Waals surface area contributed by atoms with Crippen molar-refractivity contribution in [1.29, 1.82) is 0 Å². The maximum atomic E-state index is 13.9. The molecule has 16 heteroatoms. The van der Waals surface area contributed by atoms with Gasteiger partial charge in [-0.2, -0.15) is 0 Å². The van der Waals surface area contributed by atoms with Crippen LogP contribution in [0.3, 0.4) is 0 Å². The van der Waals surface area contributed by atoms with E-state index >= 15 is 0 Å². The van der Waals surface area contributed by atoms with E-state index in [1.165, 1.54) is 42.5 Å². The van der Waals surface area contributed by atoms with Gasteiger partial charge in [-0.05, 0) is 92.5 Å². The van der Waals surface area contributed by atoms with E-state index in [0.717, 1.165) is 4.31 Å². The van der Waals surface area contributed by atoms with E-state index in [0.29, 0.717) is 13.4 Å². The van der Waals surface area contributed by atoms with Gasteiger partial charge in [-0.15, -0.1) is 0 Å². The molecule has 0 unspecified atom stereocenters. The SMILES string of the molecule is O=S1(=O)C[C@@H](O)[C@H](N(c2ccc(NS(=O)(=O)c3cc(Br)ccc3Br)cc2)S(=O)(=O)c2cc(Br)ccc2Br)C1. The number of halogens is 4. The molecule has 0 radical (unpaired) electrons. The van der Waals surface area contributed by atoms with E-state index in [9.17, 15) is 30.4 Å². The Hall–Kier alpha value is -1.01. The maximum absolute atomic E-state index is 13.9. The maximum Gasteiger partial charge on any atom is 0.265 e. The molecule has 3 aromatic carbocycles. The summed E-state index contributed by atoms with van der Waals surface area (Å²) in [7, 11) is -12.1. The van der Waals surface area contributed by atoms with Crippen LogP contribution < -0.4 is 9.03 Å². The van der Waals surface area contributed by atoms with E-state index in [4.69, 9.17) is 0 Å². The summed E-state index contributed by atoms with van der Waals surface area (Å²) >= 11 is 13.0. The molecule has 0 spiro atoms. The number of hydrogen-bond donors (Lipinski definition) is 2. The molecule has 0 saturated carbocycles. The Kier molecular flexibility index (Phi) is 8.76. The Morgan fingerprint density at radius 1 is 0.789 bits per heavy atom. The standard InChI is InChI=1S/C22H18Br4N2O7S3/c23-13-1-7-17(25)21(9-13)37(32,33)27-15-3-5-16(6-4-15)28(19-11-36(30,31)12-20(19)29)38(34,35)22-10-14(24)2-8-18(22)26/h1-10,19-20,27,29H,11-12H2/t19-,20-/m1/s1. The number of aliphatic hydroxyl groups is 1. The van der Waals surface area contributed by atoms with Gasteiger partial charge in [0.1, 0.15) is 9.79 Å². The van der Waals surface area contributed by atoms with Crippen molar-refractivity contribution in [2.45, 2.75) is 21.9 Å². The average Bonchev–Trinajstić information content (AvgIpc) is 3.09. The lowest BCUT2D eigenvalue weighted by atomic mass is 10.2. The molecule has 9 nitrogen and oxygen atoms in total. The minimum atomic E-state index is -4.39. The van der Waals surface area contributed by atoms with Crippen LogP contribution in [0.2, 0.25) is 0 Å². The summed E-state index contributed by atoms with van der Waals surface area (Å²) in [5, 5.41) is 10.6. The van der Waals surface area contributed by atoms with Crippen LogP contribution in [-0.2, 0) is 29.9 Å². The van der Waals surface area contributed by atoms with Crippen molar-refractivity contribution in [2.24, 2.45) is 0 Å². The van der Waals surface area contributed by atoms with Gasteiger partial charge in [0.2, 0.25) is 0 Å². The number of rotatable bonds is 7. The second-order valence-electron chi connectivity index (χ2n) is 8.31. The molecule has 1 aliphatic heterocycles. The molecule has 0 bridgehead atoms. The van der Waals surface area contributed by atoms with Gasteiger partial charge in [-0.1, -0.05) is 31.9 Å². The molecule has 204 valence electrons. The van der Waals surface area contributed by atoms with Crippen molar-refractivity contribution in [3.63, 3.8) is 0 Å². The van der Waals surface area contributed by atoms with E-state index in [1.54, 1.807) is 18.2 Å². The fourth-order valence-electron chi connectivity index (χ4n) is 3.89. The van der Waals surface area contributed by atoms with Gasteiger partial charge in [0.15, 0.2) is 9.84 Å². The van der Waals surface area contributed by atoms with Crippen molar-refractivity contribution in [3.05, 3.63) is 78.6 Å². The highest BCUT2D eigenvalue weighted by molar-refractivity contribution is 9.11. The Morgan fingerprint density at radius 2 is 1.32 bits per heavy atom. The molecule has 0 amide bonds. The molecule has 1 aliphatic rings. The molecule has 2 N–H and O–H groups in total. The van der Waals surface area contributed by atoms with Gasteiger partial charge in [-0.3, -0.25) is 9.03 Å². The first-order valence-corrected chi connectivity index (χ1v) is 18.5. The van der Waals surface area contributed by atoms with Crippen LogP contribution in [-0.4, -0.2) is 54.0 Å². The third-order valence-corrected chi connectivity index (χ3v) is 13.5. The van der Waals surface area contributed by atoms with E-state index < -0.39 is 53.5 Å². The minimum Gasteiger partial charge on any atom is -0.390 e. The van der Waals surface area contributed by atoms with Gasteiger partial charge in [-0.25, -0.2) is 25.3 Å². The number of anilines is 2. The quantitative estimate of drug-likeness (QED) is 0.346. The number of sulfonamides is 2. The number of benzene rings is 3. The smallest absolute Gasteiger partial charge is 0.265 e. The molecule has 0 aromatic heterocycles. The lowest BCUT2D eigenvalue weighted by molar-refractivity contribution is 0.184. The largest absolute Gasteiger partial charge is 0.390 e. The highest BCUT2D eigenvalue weighted by atomic mass is 79.9. The fourth-order valence-corrected chi connectivity index (χ4v) is 11.5. The zero-order valence-electron chi connectivity index (χ0n) is 18.9. The predicted octanol–water partition coefficient (Wildman–Crippen LogP) is 4.89. The minimum absolute atomic E-state index is 0.0149. The van der Waals surface area contributed by atoms with E-state index in [2.05, 4.69) is 68.4 Å². The molecular weight excluding hydrogens is 820 g/mol. The van der Waals surface area contributed by atoms with E-state index in [1.807, 2.05) is 0 Å². The Morgan fingerprint density at radius 3 is 1.84 bits per heavy atom. The van der Waals surface area contributed by atoms with Crippen molar-refractivity contribution in [2.75, 3.05) is 20.5 Å². The van der Waals surface area contributed by atoms with Crippen molar-refractivity contribution in [1.82, 2.24) is 0 Å². The third kappa shape index (κ3) is 6.32. The van der Waals surface area contributed by atoms with Crippen molar-refractivity contribution < 1.29 is 30.4 Å². The predicted molar refractivity (Wildman–Crippen MR) is 159 cm³/mol. The average molecular weight is 838 g/mol. The van der Waals surface area contributed by atoms with Gasteiger partial charge < -0.3 is 5.11 Å². The van der Waals surface area contributed by atoms with Gasteiger partial charge in [0.05, 0.1) is 29.3 Å². The highest BCUT2D eigenvalue weighted by Crippen LogP contribution is 2.36. The first-order valence-electron chi connectivity index (χ1n) is 10.6. The number of aliphatic hydroxyl groups excluding tert-OH is 1. The van der Waals surface area contributed by atoms with Gasteiger partial charge in [0, 0.05) is 23.6 Å². The summed E-state index contributed by atoms with van der Waals surface area (Å²) in [6.07, 6.45) is -1.47. The summed E-state index contributed by atoms with van der Waals surface area (Å²) in [5.41, 5.74) is 0.186. The van der Waals surface area contributed by atoms with Crippen LogP contribution in [0.5, 0.6) is 0 Å². The molecule has 38 heavy (non-hydrogen) atoms. The number of hydrogen-bond acceptors (Lipinski definition) is 7. The van der Waals surface area contributed by atoms with Crippen LogP contribution in [0, 0.1) is 0 Å². The van der Waals surface area contributed by atoms with Crippen molar-refractivity contribution in [3.8, 4) is 0 Å². The van der Waals surface area contributed by atoms with Crippen LogP contribution in [0.25, 0.3) is 0 Å². The molecule has 3 aromatic rings. The molecule has 1 heterocycles. The van der Waals surface area contributed by atoms with Gasteiger partial charge >= 0.3 is 0 Å². The summed E-state index contributed by atoms with van der Waals surface area (Å²) in [4.78, 5) is -0.161. The number of nitrogens with one attached hydrogen (secondary N) is 1. The molecule has 0 aliphatic carbocycles. The van der Waals surface area contributed by atoms with Gasteiger partial charge in [0.25, 0.3) is 20.0 Å². The summed E-state index contributed by atoms with van der Waals surface area (Å²) in [6.45, 7) is 0.